The van der Waals surface area contributed by atoms with E-state index in [0.29, 0.717) is 0 Å². The van der Waals surface area contributed by atoms with Crippen LogP contribution in [0.25, 0.3) is 0 Å². The molecule has 3 rings (SSSR count). The van der Waals surface area contributed by atoms with Crippen molar-refractivity contribution in [2.24, 2.45) is 0 Å². The highest BCUT2D eigenvalue weighted by atomic mass is 79.9. The van der Waals surface area contributed by atoms with E-state index in [1.54, 1.807) is 0 Å². The Hall–Kier alpha value is -3.40. The number of benzene rings is 2. The number of nitrogens with zero attached hydrogens (tertiary/aromatic N) is 2. The number of aromatic nitrogens is 1. The molecule has 0 bridgehead atoms. The van der Waals surface area contributed by atoms with Crippen LogP contribution in [0.2, 0.25) is 5.15 Å². The Kier molecular flexibility index (Phi) is 8.46. The molecule has 1 aromatic heterocycles. The molecule has 2 aromatic carbocycles. The summed E-state index contributed by atoms with van der Waals surface area (Å²) in [7, 11) is 0. The van der Waals surface area contributed by atoms with Gasteiger partial charge in [-0.2, -0.15) is 39.5 Å². The number of carbonyl (C=O) groups excluding carboxylic acids is 2. The fraction of sp³-hybridized carbons (Fsp3) is 0.174. The van der Waals surface area contributed by atoms with Crippen LogP contribution in [0.3, 0.4) is 0 Å². The molecule has 0 aliphatic heterocycles. The predicted octanol–water partition coefficient (Wildman–Crippen LogP) is 8.25. The summed E-state index contributed by atoms with van der Waals surface area (Å²) in [4.78, 5) is 29.1. The first-order valence-corrected chi connectivity index (χ1v) is 11.4. The maximum atomic E-state index is 14.4. The molecule has 3 aromatic rings. The number of anilines is 2. The first-order chi connectivity index (χ1) is 18.3. The Bertz CT molecular complexity index is 1430. The maximum Gasteiger partial charge on any atom is 0.435 e. The van der Waals surface area contributed by atoms with Gasteiger partial charge in [0.2, 0.25) is 0 Å². The summed E-state index contributed by atoms with van der Waals surface area (Å²) in [5.41, 5.74) is -12.4. The third-order valence-corrected chi connectivity index (χ3v) is 6.25. The van der Waals surface area contributed by atoms with Gasteiger partial charge in [-0.05, 0) is 42.5 Å². The van der Waals surface area contributed by atoms with Gasteiger partial charge in [-0.1, -0.05) is 23.7 Å². The molecular formula is C23H11BrClF10N3O2. The fourth-order valence-corrected chi connectivity index (χ4v) is 4.06. The van der Waals surface area contributed by atoms with Crippen molar-refractivity contribution in [2.45, 2.75) is 24.2 Å². The molecule has 1 N–H and O–H groups in total. The van der Waals surface area contributed by atoms with Crippen LogP contribution < -0.4 is 9.24 Å². The minimum atomic E-state index is -6.66. The lowest BCUT2D eigenvalue weighted by atomic mass is 9.92. The van der Waals surface area contributed by atoms with E-state index in [1.807, 2.05) is 0 Å². The molecule has 1 heterocycles. The van der Waals surface area contributed by atoms with Gasteiger partial charge in [-0.25, -0.2) is 13.3 Å². The molecule has 40 heavy (non-hydrogen) atoms. The van der Waals surface area contributed by atoms with E-state index in [1.165, 1.54) is 30.5 Å². The van der Waals surface area contributed by atoms with Gasteiger partial charge in [0.25, 0.3) is 11.8 Å². The summed E-state index contributed by atoms with van der Waals surface area (Å²) in [5, 5.41) is 2.22. The number of pyridine rings is 1. The van der Waals surface area contributed by atoms with Crippen molar-refractivity contribution < 1.29 is 53.5 Å². The van der Waals surface area contributed by atoms with Crippen LogP contribution in [0, 0.1) is 0 Å². The molecule has 0 unspecified atom stereocenters. The lowest BCUT2D eigenvalue weighted by Crippen LogP contribution is -2.50. The number of amides is 2. The molecule has 2 amide bonds. The number of nitrogens with one attached hydrogen (secondary N) is 1. The molecule has 0 spiro atoms. The van der Waals surface area contributed by atoms with Crippen LogP contribution in [0.4, 0.5) is 55.3 Å². The van der Waals surface area contributed by atoms with Crippen LogP contribution in [0.5, 0.6) is 0 Å². The standard InChI is InChI=1S/C23H11BrClF10N3O2/c24-38(19(40)11-3-1-4-13(9-11)37-18(39)14-5-2-8-36-17(14)25)16-7-6-12(10-15(16)21(27,28)29)20(26,22(30,31)32)23(33,34)35/h1-10H,(H,37,39). The second-order valence-corrected chi connectivity index (χ2v) is 8.91. The Morgan fingerprint density at radius 1 is 0.850 bits per heavy atom. The molecule has 0 fully saturated rings. The van der Waals surface area contributed by atoms with Crippen molar-refractivity contribution in [2.75, 3.05) is 9.24 Å². The monoisotopic (exact) mass is 665 g/mol. The number of hydrogen-bond donors (Lipinski definition) is 1. The molecular weight excluding hydrogens is 656 g/mol. The Morgan fingerprint density at radius 2 is 1.48 bits per heavy atom. The summed E-state index contributed by atoms with van der Waals surface area (Å²) < 4.78 is 134. The van der Waals surface area contributed by atoms with E-state index in [9.17, 15) is 53.5 Å². The zero-order valence-corrected chi connectivity index (χ0v) is 21.4. The number of carbonyl (C=O) groups is 2. The van der Waals surface area contributed by atoms with E-state index in [4.69, 9.17) is 11.6 Å². The third-order valence-electron chi connectivity index (χ3n) is 5.24. The molecule has 0 saturated carbocycles. The van der Waals surface area contributed by atoms with Gasteiger partial charge >= 0.3 is 24.2 Å². The largest absolute Gasteiger partial charge is 0.435 e. The van der Waals surface area contributed by atoms with E-state index < -0.39 is 58.9 Å². The Morgan fingerprint density at radius 3 is 2.02 bits per heavy atom. The van der Waals surface area contributed by atoms with Gasteiger partial charge in [-0.3, -0.25) is 9.59 Å². The number of rotatable bonds is 5. The van der Waals surface area contributed by atoms with E-state index in [0.717, 1.165) is 12.1 Å². The van der Waals surface area contributed by atoms with Crippen LogP contribution >= 0.6 is 27.7 Å². The van der Waals surface area contributed by atoms with Crippen molar-refractivity contribution >= 4 is 50.9 Å². The molecule has 0 radical (unpaired) electrons. The van der Waals surface area contributed by atoms with Crippen LogP contribution in [-0.4, -0.2) is 29.2 Å². The summed E-state index contributed by atoms with van der Waals surface area (Å²) in [6.45, 7) is 0. The second kappa shape index (κ2) is 10.9. The highest BCUT2D eigenvalue weighted by molar-refractivity contribution is 9.10. The minimum absolute atomic E-state index is 0.0411. The number of hydrogen-bond acceptors (Lipinski definition) is 3. The van der Waals surface area contributed by atoms with Crippen LogP contribution in [-0.2, 0) is 11.8 Å². The van der Waals surface area contributed by atoms with Crippen molar-refractivity contribution in [1.82, 2.24) is 4.98 Å². The second-order valence-electron chi connectivity index (χ2n) is 7.85. The van der Waals surface area contributed by atoms with Gasteiger partial charge in [0.15, 0.2) is 0 Å². The normalized spacial score (nSPS) is 12.7. The minimum Gasteiger partial charge on any atom is -0.322 e. The van der Waals surface area contributed by atoms with Gasteiger partial charge in [0.1, 0.15) is 5.15 Å². The lowest BCUT2D eigenvalue weighted by molar-refractivity contribution is -0.348. The zero-order valence-electron chi connectivity index (χ0n) is 19.0. The summed E-state index contributed by atoms with van der Waals surface area (Å²) in [6.07, 6.45) is -17.6. The fourth-order valence-electron chi connectivity index (χ4n) is 3.34. The smallest absolute Gasteiger partial charge is 0.322 e. The maximum absolute atomic E-state index is 14.4. The van der Waals surface area contributed by atoms with Crippen molar-refractivity contribution in [3.05, 3.63) is 88.2 Å². The highest BCUT2D eigenvalue weighted by Crippen LogP contribution is 2.54. The van der Waals surface area contributed by atoms with Crippen molar-refractivity contribution in [3.8, 4) is 0 Å². The molecule has 0 aliphatic carbocycles. The predicted molar refractivity (Wildman–Crippen MR) is 126 cm³/mol. The Labute approximate surface area is 231 Å². The highest BCUT2D eigenvalue weighted by Gasteiger charge is 2.73. The van der Waals surface area contributed by atoms with E-state index in [-0.39, 0.29) is 38.0 Å². The van der Waals surface area contributed by atoms with E-state index >= 15 is 0 Å². The molecule has 0 saturated heterocycles. The summed E-state index contributed by atoms with van der Waals surface area (Å²) >= 11 is 8.38. The number of alkyl halides is 10. The summed E-state index contributed by atoms with van der Waals surface area (Å²) in [6, 6.07) is 6.58. The summed E-state index contributed by atoms with van der Waals surface area (Å²) in [5.74, 6) is -2.05. The van der Waals surface area contributed by atoms with Crippen LogP contribution in [0.15, 0.2) is 60.8 Å². The van der Waals surface area contributed by atoms with Gasteiger partial charge < -0.3 is 5.32 Å². The zero-order chi connectivity index (χ0) is 30.3. The first kappa shape index (κ1) is 31.1. The van der Waals surface area contributed by atoms with E-state index in [2.05, 4.69) is 26.4 Å². The average Bonchev–Trinajstić information content (AvgIpc) is 2.85. The van der Waals surface area contributed by atoms with Gasteiger partial charge in [0, 0.05) is 23.0 Å². The quantitative estimate of drug-likeness (QED) is 0.170. The lowest BCUT2D eigenvalue weighted by Gasteiger charge is -2.31. The first-order valence-electron chi connectivity index (χ1n) is 10.3. The Balaban J connectivity index is 2.00. The molecule has 17 heteroatoms. The van der Waals surface area contributed by atoms with Crippen molar-refractivity contribution in [3.63, 3.8) is 0 Å². The molecule has 0 atom stereocenters. The topological polar surface area (TPSA) is 62.3 Å². The van der Waals surface area contributed by atoms with Crippen LogP contribution in [0.1, 0.15) is 31.8 Å². The molecule has 0 aliphatic rings. The SMILES string of the molecule is O=C(Nc1cccc(C(=O)N(Br)c2ccc(C(F)(C(F)(F)F)C(F)(F)F)cc2C(F)(F)F)c1)c1cccnc1Cl. The number of halogens is 12. The third kappa shape index (κ3) is 6.01. The van der Waals surface area contributed by atoms with Crippen molar-refractivity contribution in [1.29, 1.82) is 0 Å². The molecule has 214 valence electrons. The van der Waals surface area contributed by atoms with Gasteiger partial charge in [0.05, 0.1) is 33.0 Å². The molecule has 5 nitrogen and oxygen atoms in total. The average molecular weight is 667 g/mol. The van der Waals surface area contributed by atoms with Gasteiger partial charge in [-0.15, -0.1) is 0 Å².